The molecule has 3 unspecified atom stereocenters. The molecule has 1 aliphatic heterocycles. The lowest BCUT2D eigenvalue weighted by Crippen LogP contribution is -2.55. The first-order valence-corrected chi connectivity index (χ1v) is 7.37. The summed E-state index contributed by atoms with van der Waals surface area (Å²) in [7, 11) is 0. The Morgan fingerprint density at radius 3 is 2.80 bits per heavy atom. The molecular weight excluding hydrogens is 260 g/mol. The van der Waals surface area contributed by atoms with Gasteiger partial charge in [-0.3, -0.25) is 4.79 Å². The quantitative estimate of drug-likeness (QED) is 0.727. The molecule has 2 aliphatic rings. The van der Waals surface area contributed by atoms with Crippen LogP contribution in [0.4, 0.5) is 4.79 Å². The molecule has 1 aliphatic carbocycles. The molecule has 2 amide bonds. The largest absolute Gasteiger partial charge is 0.481 e. The number of urea groups is 1. The predicted octanol–water partition coefficient (Wildman–Crippen LogP) is 1.36. The molecule has 114 valence electrons. The second-order valence-electron chi connectivity index (χ2n) is 6.19. The third kappa shape index (κ3) is 3.85. The van der Waals surface area contributed by atoms with Gasteiger partial charge in [-0.1, -0.05) is 6.42 Å². The molecule has 1 heterocycles. The smallest absolute Gasteiger partial charge is 0.315 e. The Morgan fingerprint density at radius 2 is 2.15 bits per heavy atom. The normalized spacial score (nSPS) is 33.6. The molecule has 0 aromatic carbocycles. The first kappa shape index (κ1) is 15.1. The van der Waals surface area contributed by atoms with Crippen molar-refractivity contribution in [3.05, 3.63) is 0 Å². The maximum Gasteiger partial charge on any atom is 0.315 e. The van der Waals surface area contributed by atoms with Crippen LogP contribution >= 0.6 is 0 Å². The summed E-state index contributed by atoms with van der Waals surface area (Å²) in [4.78, 5) is 23.0. The first-order valence-electron chi connectivity index (χ1n) is 7.37. The van der Waals surface area contributed by atoms with E-state index in [-0.39, 0.29) is 23.4 Å². The van der Waals surface area contributed by atoms with Crippen molar-refractivity contribution < 1.29 is 19.4 Å². The highest BCUT2D eigenvalue weighted by atomic mass is 16.5. The molecule has 0 bridgehead atoms. The molecule has 0 aromatic heterocycles. The van der Waals surface area contributed by atoms with Crippen LogP contribution in [0.3, 0.4) is 0 Å². The van der Waals surface area contributed by atoms with Gasteiger partial charge >= 0.3 is 12.0 Å². The fourth-order valence-electron chi connectivity index (χ4n) is 3.18. The molecule has 0 aromatic rings. The second kappa shape index (κ2) is 6.43. The Balaban J connectivity index is 1.76. The van der Waals surface area contributed by atoms with Gasteiger partial charge in [0, 0.05) is 13.2 Å². The summed E-state index contributed by atoms with van der Waals surface area (Å²) in [6.45, 7) is 3.68. The number of hydrogen-bond acceptors (Lipinski definition) is 3. The predicted molar refractivity (Wildman–Crippen MR) is 73.5 cm³/mol. The number of aliphatic carboxylic acids is 1. The highest BCUT2D eigenvalue weighted by Gasteiger charge is 2.34. The zero-order valence-corrected chi connectivity index (χ0v) is 12.0. The Bertz CT molecular complexity index is 366. The summed E-state index contributed by atoms with van der Waals surface area (Å²) in [5, 5.41) is 14.9. The third-order valence-corrected chi connectivity index (χ3v) is 4.35. The number of ether oxygens (including phenoxy) is 1. The Labute approximate surface area is 119 Å². The molecule has 0 spiro atoms. The van der Waals surface area contributed by atoms with E-state index in [1.165, 1.54) is 0 Å². The average molecular weight is 284 g/mol. The second-order valence-corrected chi connectivity index (χ2v) is 6.19. The molecule has 6 nitrogen and oxygen atoms in total. The van der Waals surface area contributed by atoms with E-state index in [4.69, 9.17) is 9.84 Å². The number of carbonyl (C=O) groups is 2. The fraction of sp³-hybridized carbons (Fsp3) is 0.857. The average Bonchev–Trinajstić information content (AvgIpc) is 2.85. The highest BCUT2D eigenvalue weighted by molar-refractivity contribution is 5.75. The van der Waals surface area contributed by atoms with Crippen molar-refractivity contribution >= 4 is 12.0 Å². The molecule has 0 radical (unpaired) electrons. The first-order chi connectivity index (χ1) is 9.50. The summed E-state index contributed by atoms with van der Waals surface area (Å²) >= 11 is 0. The van der Waals surface area contributed by atoms with E-state index in [1.807, 2.05) is 6.92 Å². The molecule has 6 heteroatoms. The zero-order valence-electron chi connectivity index (χ0n) is 12.0. The standard InChI is InChI=1S/C14H24N2O4/c1-14(6-3-7-20-9-14)16-13(19)15-8-10-4-2-5-11(10)12(17)18/h10-11H,2-9H2,1H3,(H,17,18)(H2,15,16,19). The Morgan fingerprint density at radius 1 is 1.35 bits per heavy atom. The topological polar surface area (TPSA) is 87.7 Å². The van der Waals surface area contributed by atoms with Gasteiger partial charge in [0.1, 0.15) is 0 Å². The number of carboxylic acids is 1. The number of carbonyl (C=O) groups excluding carboxylic acids is 1. The highest BCUT2D eigenvalue weighted by Crippen LogP contribution is 2.31. The molecular formula is C14H24N2O4. The molecule has 1 saturated carbocycles. The van der Waals surface area contributed by atoms with E-state index in [1.54, 1.807) is 0 Å². The summed E-state index contributed by atoms with van der Waals surface area (Å²) < 4.78 is 5.39. The SMILES string of the molecule is CC1(NC(=O)NCC2CCCC2C(=O)O)CCCOC1. The van der Waals surface area contributed by atoms with Crippen LogP contribution < -0.4 is 10.6 Å². The van der Waals surface area contributed by atoms with Crippen LogP contribution in [0.2, 0.25) is 0 Å². The van der Waals surface area contributed by atoms with Crippen LogP contribution in [-0.2, 0) is 9.53 Å². The van der Waals surface area contributed by atoms with Crippen LogP contribution in [0.5, 0.6) is 0 Å². The van der Waals surface area contributed by atoms with E-state index >= 15 is 0 Å². The molecule has 20 heavy (non-hydrogen) atoms. The van der Waals surface area contributed by atoms with Crippen LogP contribution in [-0.4, -0.2) is 42.4 Å². The Hall–Kier alpha value is -1.30. The molecule has 2 rings (SSSR count). The van der Waals surface area contributed by atoms with Crippen LogP contribution in [0, 0.1) is 11.8 Å². The van der Waals surface area contributed by atoms with Crippen molar-refractivity contribution in [2.75, 3.05) is 19.8 Å². The maximum absolute atomic E-state index is 11.9. The summed E-state index contributed by atoms with van der Waals surface area (Å²) in [5.41, 5.74) is -0.315. The van der Waals surface area contributed by atoms with Crippen molar-refractivity contribution in [3.8, 4) is 0 Å². The van der Waals surface area contributed by atoms with Gasteiger partial charge in [-0.05, 0) is 38.5 Å². The van der Waals surface area contributed by atoms with Crippen LogP contribution in [0.15, 0.2) is 0 Å². The minimum Gasteiger partial charge on any atom is -0.481 e. The summed E-state index contributed by atoms with van der Waals surface area (Å²) in [6, 6.07) is -0.228. The molecule has 2 fully saturated rings. The fourth-order valence-corrected chi connectivity index (χ4v) is 3.18. The lowest BCUT2D eigenvalue weighted by molar-refractivity contribution is -0.142. The zero-order chi connectivity index (χ0) is 14.6. The number of rotatable bonds is 4. The minimum absolute atomic E-state index is 0.0497. The van der Waals surface area contributed by atoms with Crippen molar-refractivity contribution in [1.82, 2.24) is 10.6 Å². The van der Waals surface area contributed by atoms with Gasteiger partial charge in [-0.2, -0.15) is 0 Å². The van der Waals surface area contributed by atoms with E-state index in [0.29, 0.717) is 13.2 Å². The molecule has 3 atom stereocenters. The van der Waals surface area contributed by atoms with Crippen LogP contribution in [0.1, 0.15) is 39.0 Å². The van der Waals surface area contributed by atoms with Gasteiger partial charge in [0.15, 0.2) is 0 Å². The number of nitrogens with one attached hydrogen (secondary N) is 2. The number of hydrogen-bond donors (Lipinski definition) is 3. The van der Waals surface area contributed by atoms with E-state index in [9.17, 15) is 9.59 Å². The van der Waals surface area contributed by atoms with Crippen molar-refractivity contribution in [2.45, 2.75) is 44.6 Å². The molecule has 1 saturated heterocycles. The number of carboxylic acid groups (broad SMARTS) is 1. The minimum atomic E-state index is -0.748. The van der Waals surface area contributed by atoms with Crippen molar-refractivity contribution in [2.24, 2.45) is 11.8 Å². The van der Waals surface area contributed by atoms with Gasteiger partial charge in [0.2, 0.25) is 0 Å². The van der Waals surface area contributed by atoms with Gasteiger partial charge in [-0.25, -0.2) is 4.79 Å². The van der Waals surface area contributed by atoms with Gasteiger partial charge in [0.25, 0.3) is 0 Å². The summed E-state index contributed by atoms with van der Waals surface area (Å²) in [5.74, 6) is -1.01. The van der Waals surface area contributed by atoms with Crippen molar-refractivity contribution in [1.29, 1.82) is 0 Å². The monoisotopic (exact) mass is 284 g/mol. The van der Waals surface area contributed by atoms with Gasteiger partial charge < -0.3 is 20.5 Å². The lowest BCUT2D eigenvalue weighted by Gasteiger charge is -2.34. The Kier molecular flexibility index (Phi) is 4.86. The van der Waals surface area contributed by atoms with E-state index < -0.39 is 5.97 Å². The third-order valence-electron chi connectivity index (χ3n) is 4.35. The maximum atomic E-state index is 11.9. The van der Waals surface area contributed by atoms with Gasteiger partial charge in [-0.15, -0.1) is 0 Å². The van der Waals surface area contributed by atoms with Gasteiger partial charge in [0.05, 0.1) is 18.1 Å². The molecule has 3 N–H and O–H groups in total. The van der Waals surface area contributed by atoms with Crippen LogP contribution in [0.25, 0.3) is 0 Å². The lowest BCUT2D eigenvalue weighted by atomic mass is 9.95. The van der Waals surface area contributed by atoms with E-state index in [2.05, 4.69) is 10.6 Å². The number of amides is 2. The van der Waals surface area contributed by atoms with Crippen molar-refractivity contribution in [3.63, 3.8) is 0 Å². The summed E-state index contributed by atoms with van der Waals surface area (Å²) in [6.07, 6.45) is 4.37. The van der Waals surface area contributed by atoms with E-state index in [0.717, 1.165) is 38.7 Å².